The van der Waals surface area contributed by atoms with Gasteiger partial charge in [-0.05, 0) is 30.9 Å². The van der Waals surface area contributed by atoms with Crippen LogP contribution in [0.2, 0.25) is 0 Å². The number of nitrogens with zero attached hydrogens (tertiary/aromatic N) is 1. The van der Waals surface area contributed by atoms with Gasteiger partial charge in [-0.2, -0.15) is 0 Å². The number of ether oxygens (including phenoxy) is 2. The molecule has 0 aliphatic heterocycles. The van der Waals surface area contributed by atoms with E-state index in [2.05, 4.69) is 4.98 Å². The maximum atomic E-state index is 5.81. The predicted molar refractivity (Wildman–Crippen MR) is 64.3 cm³/mol. The first-order valence-electron chi connectivity index (χ1n) is 5.59. The standard InChI is InChI=1S/C12H20N2O2/c1-15-8-9-16-7-3-2-4-11-10-14-6-5-12(11)13/h5-6,10H,2-4,7-9H2,1H3,(H2,13,14). The summed E-state index contributed by atoms with van der Waals surface area (Å²) < 4.78 is 10.3. The highest BCUT2D eigenvalue weighted by Gasteiger charge is 1.98. The molecule has 0 amide bonds. The number of nitrogens with two attached hydrogens (primary N) is 1. The minimum absolute atomic E-state index is 0.662. The van der Waals surface area contributed by atoms with Gasteiger partial charge in [-0.1, -0.05) is 0 Å². The van der Waals surface area contributed by atoms with E-state index in [-0.39, 0.29) is 0 Å². The molecule has 4 heteroatoms. The lowest BCUT2D eigenvalue weighted by molar-refractivity contribution is 0.0688. The van der Waals surface area contributed by atoms with Crippen LogP contribution in [0.5, 0.6) is 0 Å². The second-order valence-electron chi connectivity index (χ2n) is 3.64. The smallest absolute Gasteiger partial charge is 0.0700 e. The van der Waals surface area contributed by atoms with E-state index in [4.69, 9.17) is 15.2 Å². The fourth-order valence-corrected chi connectivity index (χ4v) is 1.41. The van der Waals surface area contributed by atoms with E-state index in [1.807, 2.05) is 12.3 Å². The molecule has 0 saturated carbocycles. The SMILES string of the molecule is COCCOCCCCc1cnccc1N. The summed E-state index contributed by atoms with van der Waals surface area (Å²) in [5.74, 6) is 0. The lowest BCUT2D eigenvalue weighted by Crippen LogP contribution is -2.03. The number of hydrogen-bond donors (Lipinski definition) is 1. The molecule has 0 radical (unpaired) electrons. The van der Waals surface area contributed by atoms with Gasteiger partial charge in [-0.3, -0.25) is 4.98 Å². The van der Waals surface area contributed by atoms with Crippen molar-refractivity contribution in [3.8, 4) is 0 Å². The molecule has 0 aliphatic carbocycles. The Labute approximate surface area is 96.8 Å². The van der Waals surface area contributed by atoms with Gasteiger partial charge in [0, 0.05) is 31.8 Å². The zero-order valence-corrected chi connectivity index (χ0v) is 9.82. The van der Waals surface area contributed by atoms with E-state index < -0.39 is 0 Å². The zero-order valence-electron chi connectivity index (χ0n) is 9.82. The van der Waals surface area contributed by atoms with Crippen molar-refractivity contribution in [1.29, 1.82) is 0 Å². The summed E-state index contributed by atoms with van der Waals surface area (Å²) in [6.07, 6.45) is 6.63. The summed E-state index contributed by atoms with van der Waals surface area (Å²) in [7, 11) is 1.68. The Morgan fingerprint density at radius 3 is 2.88 bits per heavy atom. The number of methoxy groups -OCH3 is 1. The summed E-state index contributed by atoms with van der Waals surface area (Å²) in [4.78, 5) is 4.06. The number of anilines is 1. The maximum Gasteiger partial charge on any atom is 0.0700 e. The molecule has 90 valence electrons. The highest BCUT2D eigenvalue weighted by Crippen LogP contribution is 2.11. The van der Waals surface area contributed by atoms with E-state index in [1.165, 1.54) is 0 Å². The third-order valence-electron chi connectivity index (χ3n) is 2.36. The molecular formula is C12H20N2O2. The largest absolute Gasteiger partial charge is 0.398 e. The summed E-state index contributed by atoms with van der Waals surface area (Å²) in [6.45, 7) is 2.12. The Morgan fingerprint density at radius 2 is 2.12 bits per heavy atom. The van der Waals surface area contributed by atoms with Crippen LogP contribution in [0.25, 0.3) is 0 Å². The minimum atomic E-state index is 0.662. The number of aromatic nitrogens is 1. The minimum Gasteiger partial charge on any atom is -0.398 e. The van der Waals surface area contributed by atoms with E-state index in [0.29, 0.717) is 13.2 Å². The molecule has 16 heavy (non-hydrogen) atoms. The van der Waals surface area contributed by atoms with E-state index >= 15 is 0 Å². The molecule has 2 N–H and O–H groups in total. The lowest BCUT2D eigenvalue weighted by atomic mass is 10.1. The normalized spacial score (nSPS) is 10.6. The van der Waals surface area contributed by atoms with Gasteiger partial charge in [0.05, 0.1) is 13.2 Å². The molecule has 0 spiro atoms. The van der Waals surface area contributed by atoms with Crippen molar-refractivity contribution in [1.82, 2.24) is 4.98 Å². The van der Waals surface area contributed by atoms with Gasteiger partial charge in [-0.25, -0.2) is 0 Å². The van der Waals surface area contributed by atoms with Crippen LogP contribution in [-0.4, -0.2) is 31.9 Å². The Morgan fingerprint density at radius 1 is 1.25 bits per heavy atom. The van der Waals surface area contributed by atoms with Crippen LogP contribution in [-0.2, 0) is 15.9 Å². The highest BCUT2D eigenvalue weighted by molar-refractivity contribution is 5.44. The monoisotopic (exact) mass is 224 g/mol. The van der Waals surface area contributed by atoms with Gasteiger partial charge in [0.15, 0.2) is 0 Å². The van der Waals surface area contributed by atoms with E-state index in [9.17, 15) is 0 Å². The molecule has 0 unspecified atom stereocenters. The molecule has 0 saturated heterocycles. The van der Waals surface area contributed by atoms with Gasteiger partial charge >= 0.3 is 0 Å². The summed E-state index contributed by atoms with van der Waals surface area (Å²) in [5, 5.41) is 0. The van der Waals surface area contributed by atoms with Gasteiger partial charge < -0.3 is 15.2 Å². The van der Waals surface area contributed by atoms with Crippen molar-refractivity contribution >= 4 is 5.69 Å². The molecule has 1 aromatic heterocycles. The second-order valence-corrected chi connectivity index (χ2v) is 3.64. The van der Waals surface area contributed by atoms with Crippen molar-refractivity contribution in [3.63, 3.8) is 0 Å². The molecule has 1 heterocycles. The van der Waals surface area contributed by atoms with Crippen molar-refractivity contribution < 1.29 is 9.47 Å². The van der Waals surface area contributed by atoms with Gasteiger partial charge in [0.2, 0.25) is 0 Å². The highest BCUT2D eigenvalue weighted by atomic mass is 16.5. The summed E-state index contributed by atoms with van der Waals surface area (Å²) in [6, 6.07) is 1.84. The predicted octanol–water partition coefficient (Wildman–Crippen LogP) is 1.65. The first-order chi connectivity index (χ1) is 7.84. The number of aryl methyl sites for hydroxylation is 1. The van der Waals surface area contributed by atoms with Crippen LogP contribution >= 0.6 is 0 Å². The average Bonchev–Trinajstić information content (AvgIpc) is 2.30. The molecule has 4 nitrogen and oxygen atoms in total. The third-order valence-corrected chi connectivity index (χ3v) is 2.36. The lowest BCUT2D eigenvalue weighted by Gasteiger charge is -2.05. The molecular weight excluding hydrogens is 204 g/mol. The van der Waals surface area contributed by atoms with Crippen LogP contribution < -0.4 is 5.73 Å². The zero-order chi connectivity index (χ0) is 11.6. The van der Waals surface area contributed by atoms with Crippen LogP contribution in [0.1, 0.15) is 18.4 Å². The number of rotatable bonds is 8. The number of nitrogen functional groups attached to an aromatic ring is 1. The van der Waals surface area contributed by atoms with Crippen molar-refractivity contribution in [2.24, 2.45) is 0 Å². The molecule has 0 atom stereocenters. The van der Waals surface area contributed by atoms with Crippen LogP contribution in [0.4, 0.5) is 5.69 Å². The van der Waals surface area contributed by atoms with Gasteiger partial charge in [-0.15, -0.1) is 0 Å². The van der Waals surface area contributed by atoms with Crippen LogP contribution in [0.3, 0.4) is 0 Å². The molecule has 0 bridgehead atoms. The first-order valence-corrected chi connectivity index (χ1v) is 5.59. The summed E-state index contributed by atoms with van der Waals surface area (Å²) in [5.41, 5.74) is 7.77. The molecule has 0 aliphatic rings. The van der Waals surface area contributed by atoms with Crippen LogP contribution in [0.15, 0.2) is 18.5 Å². The fraction of sp³-hybridized carbons (Fsp3) is 0.583. The molecule has 1 aromatic rings. The fourth-order valence-electron chi connectivity index (χ4n) is 1.41. The molecule has 0 fully saturated rings. The second kappa shape index (κ2) is 8.07. The Hall–Kier alpha value is -1.13. The Balaban J connectivity index is 2.05. The van der Waals surface area contributed by atoms with E-state index in [0.717, 1.165) is 37.1 Å². The van der Waals surface area contributed by atoms with Gasteiger partial charge in [0.25, 0.3) is 0 Å². The van der Waals surface area contributed by atoms with Crippen molar-refractivity contribution in [2.75, 3.05) is 32.7 Å². The summed E-state index contributed by atoms with van der Waals surface area (Å²) >= 11 is 0. The third kappa shape index (κ3) is 5.09. The number of pyridine rings is 1. The topological polar surface area (TPSA) is 57.4 Å². The number of hydrogen-bond acceptors (Lipinski definition) is 4. The Kier molecular flexibility index (Phi) is 6.53. The quantitative estimate of drug-likeness (QED) is 0.682. The first kappa shape index (κ1) is 12.9. The van der Waals surface area contributed by atoms with Gasteiger partial charge in [0.1, 0.15) is 0 Å². The van der Waals surface area contributed by atoms with Crippen LogP contribution in [0, 0.1) is 0 Å². The molecule has 1 rings (SSSR count). The number of unbranched alkanes of at least 4 members (excludes halogenated alkanes) is 1. The van der Waals surface area contributed by atoms with Crippen molar-refractivity contribution in [3.05, 3.63) is 24.0 Å². The van der Waals surface area contributed by atoms with E-state index in [1.54, 1.807) is 13.3 Å². The average molecular weight is 224 g/mol. The van der Waals surface area contributed by atoms with Crippen molar-refractivity contribution in [2.45, 2.75) is 19.3 Å². The maximum absolute atomic E-state index is 5.81. The Bertz CT molecular complexity index is 292. The molecule has 0 aromatic carbocycles.